The number of carbonyl (C=O) groups excluding carboxylic acids is 1. The van der Waals surface area contributed by atoms with Crippen LogP contribution in [-0.2, 0) is 0 Å². The Morgan fingerprint density at radius 3 is 2.46 bits per heavy atom. The van der Waals surface area contributed by atoms with Crippen molar-refractivity contribution in [2.45, 2.75) is 13.8 Å². The number of nitrogens with one attached hydrogen (secondary N) is 1. The predicted molar refractivity (Wildman–Crippen MR) is 111 cm³/mol. The van der Waals surface area contributed by atoms with Crippen LogP contribution in [0.25, 0.3) is 21.5 Å². The highest BCUT2D eigenvalue weighted by Crippen LogP contribution is 2.41. The summed E-state index contributed by atoms with van der Waals surface area (Å²) in [6.07, 6.45) is 0. The van der Waals surface area contributed by atoms with Gasteiger partial charge in [0.25, 0.3) is 5.91 Å². The van der Waals surface area contributed by atoms with Gasteiger partial charge in [-0.2, -0.15) is 0 Å². The topological polar surface area (TPSA) is 64.1 Å². The van der Waals surface area contributed by atoms with Crippen molar-refractivity contribution in [2.75, 3.05) is 12.4 Å². The van der Waals surface area contributed by atoms with Crippen molar-refractivity contribution >= 4 is 43.9 Å². The average Bonchev–Trinajstić information content (AvgIpc) is 3.23. The Morgan fingerprint density at radius 2 is 1.82 bits per heavy atom. The van der Waals surface area contributed by atoms with E-state index in [2.05, 4.69) is 15.3 Å². The second kappa shape index (κ2) is 7.29. The van der Waals surface area contributed by atoms with Crippen LogP contribution in [0.3, 0.4) is 0 Å². The zero-order valence-electron chi connectivity index (χ0n) is 15.4. The number of thiazole rings is 2. The monoisotopic (exact) mass is 413 g/mol. The maximum Gasteiger partial charge on any atom is 0.257 e. The van der Waals surface area contributed by atoms with E-state index in [1.807, 2.05) is 26.0 Å². The summed E-state index contributed by atoms with van der Waals surface area (Å²) in [6, 6.07) is 9.20. The fourth-order valence-corrected chi connectivity index (χ4v) is 4.76. The largest absolute Gasteiger partial charge is 0.494 e. The number of fused-ring (bicyclic) bond motifs is 1. The minimum Gasteiger partial charge on any atom is -0.494 e. The second-order valence-corrected chi connectivity index (χ2v) is 8.52. The van der Waals surface area contributed by atoms with Gasteiger partial charge < -0.3 is 4.74 Å². The summed E-state index contributed by atoms with van der Waals surface area (Å²) >= 11 is 3.00. The van der Waals surface area contributed by atoms with Crippen LogP contribution >= 0.6 is 22.7 Å². The number of aryl methyl sites for hydroxylation is 2. The lowest BCUT2D eigenvalue weighted by Crippen LogP contribution is -2.11. The number of carbonyl (C=O) groups is 1. The van der Waals surface area contributed by atoms with Crippen LogP contribution in [0.4, 0.5) is 9.52 Å². The van der Waals surface area contributed by atoms with Crippen molar-refractivity contribution in [1.29, 1.82) is 0 Å². The highest BCUT2D eigenvalue weighted by Gasteiger charge is 2.19. The van der Waals surface area contributed by atoms with E-state index >= 15 is 0 Å². The minimum atomic E-state index is -0.389. The van der Waals surface area contributed by atoms with Crippen LogP contribution in [0, 0.1) is 19.7 Å². The maximum absolute atomic E-state index is 13.1. The highest BCUT2D eigenvalue weighted by atomic mass is 32.1. The molecule has 28 heavy (non-hydrogen) atoms. The van der Waals surface area contributed by atoms with Gasteiger partial charge in [0, 0.05) is 16.0 Å². The number of benzene rings is 2. The Labute approximate surface area is 168 Å². The Morgan fingerprint density at radius 1 is 1.07 bits per heavy atom. The highest BCUT2D eigenvalue weighted by molar-refractivity contribution is 7.23. The molecule has 0 bridgehead atoms. The first kappa shape index (κ1) is 18.5. The van der Waals surface area contributed by atoms with Gasteiger partial charge in [-0.1, -0.05) is 11.3 Å². The second-order valence-electron chi connectivity index (χ2n) is 6.11. The number of ether oxygens (including phenoxy) is 1. The number of halogens is 1. The van der Waals surface area contributed by atoms with E-state index in [0.29, 0.717) is 22.0 Å². The molecule has 0 atom stereocenters. The quantitative estimate of drug-likeness (QED) is 0.484. The van der Waals surface area contributed by atoms with Gasteiger partial charge in [-0.3, -0.25) is 10.1 Å². The molecule has 4 rings (SSSR count). The Balaban J connectivity index is 1.76. The van der Waals surface area contributed by atoms with Crippen molar-refractivity contribution in [2.24, 2.45) is 0 Å². The number of rotatable bonds is 4. The molecule has 0 spiro atoms. The third kappa shape index (κ3) is 3.36. The van der Waals surface area contributed by atoms with Crippen LogP contribution < -0.4 is 10.1 Å². The first-order chi connectivity index (χ1) is 13.5. The molecule has 0 radical (unpaired) electrons. The van der Waals surface area contributed by atoms with Crippen molar-refractivity contribution in [3.05, 3.63) is 57.7 Å². The number of hydrogen-bond acceptors (Lipinski definition) is 6. The van der Waals surface area contributed by atoms with Crippen LogP contribution in [0.5, 0.6) is 5.75 Å². The zero-order chi connectivity index (χ0) is 19.8. The fourth-order valence-electron chi connectivity index (χ4n) is 2.94. The van der Waals surface area contributed by atoms with Crippen molar-refractivity contribution < 1.29 is 13.9 Å². The lowest BCUT2D eigenvalue weighted by Gasteiger charge is -2.04. The van der Waals surface area contributed by atoms with Crippen molar-refractivity contribution in [1.82, 2.24) is 9.97 Å². The molecule has 1 amide bonds. The smallest absolute Gasteiger partial charge is 0.257 e. The third-order valence-electron chi connectivity index (χ3n) is 4.21. The summed E-state index contributed by atoms with van der Waals surface area (Å²) < 4.78 is 19.4. The first-order valence-corrected chi connectivity index (χ1v) is 10.1. The van der Waals surface area contributed by atoms with E-state index in [1.165, 1.54) is 35.6 Å². The van der Waals surface area contributed by atoms with Crippen LogP contribution in [0.2, 0.25) is 0 Å². The zero-order valence-corrected chi connectivity index (χ0v) is 17.0. The molecule has 1 N–H and O–H groups in total. The molecule has 142 valence electrons. The molecular weight excluding hydrogens is 397 g/mol. The van der Waals surface area contributed by atoms with Gasteiger partial charge in [-0.15, -0.1) is 11.3 Å². The Kier molecular flexibility index (Phi) is 4.82. The molecule has 8 heteroatoms. The van der Waals surface area contributed by atoms with Crippen LogP contribution in [0.1, 0.15) is 20.2 Å². The van der Waals surface area contributed by atoms with E-state index in [1.54, 1.807) is 18.4 Å². The first-order valence-electron chi connectivity index (χ1n) is 8.45. The molecule has 2 aromatic heterocycles. The molecule has 0 saturated carbocycles. The minimum absolute atomic E-state index is 0.347. The molecule has 5 nitrogen and oxygen atoms in total. The average molecular weight is 413 g/mol. The van der Waals surface area contributed by atoms with Gasteiger partial charge in [-0.25, -0.2) is 14.4 Å². The number of methoxy groups -OCH3 is 1. The lowest BCUT2D eigenvalue weighted by molar-refractivity contribution is 0.102. The van der Waals surface area contributed by atoms with E-state index in [-0.39, 0.29) is 11.7 Å². The number of aromatic nitrogens is 2. The van der Waals surface area contributed by atoms with Gasteiger partial charge in [0.2, 0.25) is 0 Å². The summed E-state index contributed by atoms with van der Waals surface area (Å²) in [5.41, 5.74) is 2.90. The normalized spacial score (nSPS) is 11.0. The van der Waals surface area contributed by atoms with Crippen molar-refractivity contribution in [3.63, 3.8) is 0 Å². The summed E-state index contributed by atoms with van der Waals surface area (Å²) in [5.74, 6) is -0.109. The van der Waals surface area contributed by atoms with Gasteiger partial charge >= 0.3 is 0 Å². The van der Waals surface area contributed by atoms with E-state index in [9.17, 15) is 9.18 Å². The number of nitrogens with zero attached hydrogens (tertiary/aromatic N) is 2. The third-order valence-corrected chi connectivity index (χ3v) is 6.10. The number of anilines is 1. The summed E-state index contributed by atoms with van der Waals surface area (Å²) in [6.45, 7) is 4.01. The lowest BCUT2D eigenvalue weighted by atomic mass is 10.1. The fraction of sp³-hybridized carbons (Fsp3) is 0.150. The molecular formula is C20H16FN3O2S2. The summed E-state index contributed by atoms with van der Waals surface area (Å²) in [5, 5.41) is 4.23. The standard InChI is InChI=1S/C20H16FN3O2S2/c1-10-16(22-11(2)27-10)14-8-9-15(26-3)17-18(14)28-20(23-17)24-19(25)12-4-6-13(21)7-5-12/h4-9H,1-3H3,(H,23,24,25). The van der Waals surface area contributed by atoms with E-state index in [4.69, 9.17) is 4.74 Å². The predicted octanol–water partition coefficient (Wildman–Crippen LogP) is 5.44. The van der Waals surface area contributed by atoms with Gasteiger partial charge in [0.1, 0.15) is 17.1 Å². The van der Waals surface area contributed by atoms with Crippen molar-refractivity contribution in [3.8, 4) is 17.0 Å². The number of hydrogen-bond donors (Lipinski definition) is 1. The molecule has 0 unspecified atom stereocenters. The van der Waals surface area contributed by atoms with E-state index < -0.39 is 0 Å². The summed E-state index contributed by atoms with van der Waals surface area (Å²) in [7, 11) is 1.59. The number of amides is 1. The molecule has 0 fully saturated rings. The van der Waals surface area contributed by atoms with Gasteiger partial charge in [0.15, 0.2) is 5.13 Å². The molecule has 0 saturated heterocycles. The molecule has 4 aromatic rings. The van der Waals surface area contributed by atoms with Crippen LogP contribution in [0.15, 0.2) is 36.4 Å². The summed E-state index contributed by atoms with van der Waals surface area (Å²) in [4.78, 5) is 22.8. The van der Waals surface area contributed by atoms with Crippen LogP contribution in [-0.4, -0.2) is 23.0 Å². The molecule has 0 aliphatic rings. The Bertz CT molecular complexity index is 1180. The van der Waals surface area contributed by atoms with Gasteiger partial charge in [-0.05, 0) is 50.2 Å². The SMILES string of the molecule is COc1ccc(-c2nc(C)sc2C)c2sc(NC(=O)c3ccc(F)cc3)nc12. The molecule has 0 aliphatic heterocycles. The Hall–Kier alpha value is -2.84. The van der Waals surface area contributed by atoms with E-state index in [0.717, 1.165) is 25.8 Å². The molecule has 0 aliphatic carbocycles. The molecule has 2 heterocycles. The molecule has 2 aromatic carbocycles. The van der Waals surface area contributed by atoms with Gasteiger partial charge in [0.05, 0.1) is 22.5 Å². The maximum atomic E-state index is 13.1.